The van der Waals surface area contributed by atoms with Crippen LogP contribution in [0, 0.1) is 0 Å². The monoisotopic (exact) mass is 287 g/mol. The lowest BCUT2D eigenvalue weighted by atomic mass is 10.2. The van der Waals surface area contributed by atoms with E-state index in [2.05, 4.69) is 26.2 Å². The molecule has 0 saturated heterocycles. The molecule has 0 aliphatic carbocycles. The molecule has 0 unspecified atom stereocenters. The van der Waals surface area contributed by atoms with E-state index in [4.69, 9.17) is 14.6 Å². The van der Waals surface area contributed by atoms with Crippen molar-refractivity contribution in [1.29, 1.82) is 0 Å². The topological polar surface area (TPSA) is 84.3 Å². The Morgan fingerprint density at radius 1 is 1.38 bits per heavy atom. The Morgan fingerprint density at radius 3 is 2.75 bits per heavy atom. The Bertz CT molecular complexity index is 480. The third kappa shape index (κ3) is 2.01. The lowest BCUT2D eigenvalue weighted by Gasteiger charge is -2.02. The first-order valence-electron chi connectivity index (χ1n) is 4.66. The zero-order valence-electron chi connectivity index (χ0n) is 8.30. The van der Waals surface area contributed by atoms with Gasteiger partial charge >= 0.3 is 0 Å². The minimum absolute atomic E-state index is 0.0525. The molecule has 6 nitrogen and oxygen atoms in total. The van der Waals surface area contributed by atoms with Crippen molar-refractivity contribution in [3.63, 3.8) is 0 Å². The molecule has 0 bridgehead atoms. The number of nitrogens with zero attached hydrogens (tertiary/aromatic N) is 3. The molecule has 0 fully saturated rings. The molecule has 2 aromatic heterocycles. The molecular formula is C9H10BrN3O3. The van der Waals surface area contributed by atoms with Crippen LogP contribution in [-0.2, 0) is 13.2 Å². The van der Waals surface area contributed by atoms with E-state index in [0.29, 0.717) is 28.4 Å². The average Bonchev–Trinajstić information content (AvgIpc) is 2.85. The zero-order valence-corrected chi connectivity index (χ0v) is 9.88. The molecule has 0 radical (unpaired) electrons. The van der Waals surface area contributed by atoms with Crippen LogP contribution in [0.1, 0.15) is 5.69 Å². The van der Waals surface area contributed by atoms with Crippen LogP contribution < -0.4 is 0 Å². The number of aliphatic hydroxyl groups excluding tert-OH is 2. The van der Waals surface area contributed by atoms with Crippen molar-refractivity contribution < 1.29 is 14.6 Å². The highest BCUT2D eigenvalue weighted by Crippen LogP contribution is 2.26. The van der Waals surface area contributed by atoms with E-state index < -0.39 is 0 Å². The van der Waals surface area contributed by atoms with Gasteiger partial charge in [-0.15, -0.1) is 5.10 Å². The largest absolute Gasteiger partial charge is 0.448 e. The predicted molar refractivity (Wildman–Crippen MR) is 58.4 cm³/mol. The van der Waals surface area contributed by atoms with Crippen molar-refractivity contribution >= 4 is 15.9 Å². The smallest absolute Gasteiger partial charge is 0.169 e. The van der Waals surface area contributed by atoms with Crippen molar-refractivity contribution in [2.75, 3.05) is 6.61 Å². The Labute approximate surface area is 99.6 Å². The highest BCUT2D eigenvalue weighted by Gasteiger charge is 2.16. The van der Waals surface area contributed by atoms with Gasteiger partial charge in [-0.3, -0.25) is 0 Å². The summed E-state index contributed by atoms with van der Waals surface area (Å²) in [5.41, 5.74) is 1.01. The Hall–Kier alpha value is -1.18. The number of furan rings is 1. The number of rotatable bonds is 4. The quantitative estimate of drug-likeness (QED) is 0.868. The summed E-state index contributed by atoms with van der Waals surface area (Å²) >= 11 is 3.20. The van der Waals surface area contributed by atoms with Crippen LogP contribution in [0.2, 0.25) is 0 Å². The van der Waals surface area contributed by atoms with Gasteiger partial charge in [-0.1, -0.05) is 5.21 Å². The molecule has 0 aromatic carbocycles. The van der Waals surface area contributed by atoms with E-state index in [1.807, 2.05) is 0 Å². The van der Waals surface area contributed by atoms with Crippen molar-refractivity contribution in [2.24, 2.45) is 0 Å². The summed E-state index contributed by atoms with van der Waals surface area (Å²) in [4.78, 5) is 0. The molecule has 2 aromatic rings. The summed E-state index contributed by atoms with van der Waals surface area (Å²) in [6, 6.07) is 3.49. The molecule has 0 aliphatic heterocycles. The molecule has 86 valence electrons. The van der Waals surface area contributed by atoms with Gasteiger partial charge in [0, 0.05) is 0 Å². The van der Waals surface area contributed by atoms with Crippen molar-refractivity contribution in [1.82, 2.24) is 15.0 Å². The maximum absolute atomic E-state index is 9.14. The van der Waals surface area contributed by atoms with E-state index in [-0.39, 0.29) is 13.2 Å². The van der Waals surface area contributed by atoms with Crippen LogP contribution in [0.25, 0.3) is 11.5 Å². The van der Waals surface area contributed by atoms with Crippen molar-refractivity contribution in [2.45, 2.75) is 13.2 Å². The maximum atomic E-state index is 9.14. The SMILES string of the molecule is OCCn1nnc(CO)c1-c1ccc(Br)o1. The molecule has 16 heavy (non-hydrogen) atoms. The third-order valence-electron chi connectivity index (χ3n) is 2.07. The Morgan fingerprint density at radius 2 is 2.19 bits per heavy atom. The first-order valence-corrected chi connectivity index (χ1v) is 5.45. The molecule has 0 amide bonds. The molecule has 0 spiro atoms. The molecule has 0 saturated carbocycles. The van der Waals surface area contributed by atoms with E-state index in [1.54, 1.807) is 12.1 Å². The fourth-order valence-electron chi connectivity index (χ4n) is 1.42. The molecule has 7 heteroatoms. The summed E-state index contributed by atoms with van der Waals surface area (Å²) in [5.74, 6) is 0.550. The summed E-state index contributed by atoms with van der Waals surface area (Å²) in [5, 5.41) is 25.7. The minimum atomic E-state index is -0.223. The zero-order chi connectivity index (χ0) is 11.5. The van der Waals surface area contributed by atoms with Crippen LogP contribution in [0.3, 0.4) is 0 Å². The van der Waals surface area contributed by atoms with E-state index in [1.165, 1.54) is 4.68 Å². The van der Waals surface area contributed by atoms with Crippen molar-refractivity contribution in [3.05, 3.63) is 22.5 Å². The van der Waals surface area contributed by atoms with Crippen LogP contribution >= 0.6 is 15.9 Å². The average molecular weight is 288 g/mol. The lowest BCUT2D eigenvalue weighted by molar-refractivity contribution is 0.268. The van der Waals surface area contributed by atoms with Gasteiger partial charge in [-0.25, -0.2) is 4.68 Å². The fourth-order valence-corrected chi connectivity index (χ4v) is 1.72. The summed E-state index contributed by atoms with van der Waals surface area (Å²) in [6.07, 6.45) is 0. The highest BCUT2D eigenvalue weighted by molar-refractivity contribution is 9.10. The van der Waals surface area contributed by atoms with Crippen molar-refractivity contribution in [3.8, 4) is 11.5 Å². The fraction of sp³-hybridized carbons (Fsp3) is 0.333. The third-order valence-corrected chi connectivity index (χ3v) is 2.50. The van der Waals surface area contributed by atoms with Crippen LogP contribution in [0.15, 0.2) is 21.2 Å². The minimum Gasteiger partial charge on any atom is -0.448 e. The Balaban J connectivity index is 2.47. The summed E-state index contributed by atoms with van der Waals surface area (Å²) in [7, 11) is 0. The van der Waals surface area contributed by atoms with Crippen LogP contribution in [-0.4, -0.2) is 31.8 Å². The summed E-state index contributed by atoms with van der Waals surface area (Å²) in [6.45, 7) is 0.0306. The lowest BCUT2D eigenvalue weighted by Crippen LogP contribution is -2.06. The summed E-state index contributed by atoms with van der Waals surface area (Å²) < 4.78 is 7.46. The number of halogens is 1. The molecule has 2 rings (SSSR count). The molecular weight excluding hydrogens is 278 g/mol. The second-order valence-corrected chi connectivity index (χ2v) is 3.87. The molecule has 0 aliphatic rings. The predicted octanol–water partition coefficient (Wildman–Crippen LogP) is 0.785. The van der Waals surface area contributed by atoms with Gasteiger partial charge in [0.25, 0.3) is 0 Å². The molecule has 2 N–H and O–H groups in total. The van der Waals surface area contributed by atoms with Gasteiger partial charge < -0.3 is 14.6 Å². The van der Waals surface area contributed by atoms with E-state index in [0.717, 1.165) is 0 Å². The second kappa shape index (κ2) is 4.77. The van der Waals surface area contributed by atoms with E-state index >= 15 is 0 Å². The van der Waals surface area contributed by atoms with Gasteiger partial charge in [-0.05, 0) is 28.1 Å². The highest BCUT2D eigenvalue weighted by atomic mass is 79.9. The maximum Gasteiger partial charge on any atom is 0.169 e. The standard InChI is InChI=1S/C9H10BrN3O3/c10-8-2-1-7(16-8)9-6(5-15)11-12-13(9)3-4-14/h1-2,14-15H,3-5H2. The molecule has 0 atom stereocenters. The number of aliphatic hydroxyl groups is 2. The van der Waals surface area contributed by atoms with Gasteiger partial charge in [-0.2, -0.15) is 0 Å². The first kappa shape index (κ1) is 11.3. The second-order valence-electron chi connectivity index (χ2n) is 3.09. The van der Waals surface area contributed by atoms with Crippen LogP contribution in [0.5, 0.6) is 0 Å². The normalized spacial score (nSPS) is 10.9. The van der Waals surface area contributed by atoms with Gasteiger partial charge in [0.15, 0.2) is 10.4 Å². The van der Waals surface area contributed by atoms with Crippen LogP contribution in [0.4, 0.5) is 0 Å². The number of hydrogen-bond donors (Lipinski definition) is 2. The number of hydrogen-bond acceptors (Lipinski definition) is 5. The van der Waals surface area contributed by atoms with Gasteiger partial charge in [0.2, 0.25) is 0 Å². The molecule has 2 heterocycles. The first-order chi connectivity index (χ1) is 7.76. The van der Waals surface area contributed by atoms with Gasteiger partial charge in [0.1, 0.15) is 11.4 Å². The van der Waals surface area contributed by atoms with E-state index in [9.17, 15) is 0 Å². The Kier molecular flexibility index (Phi) is 3.37. The number of aromatic nitrogens is 3. The van der Waals surface area contributed by atoms with Gasteiger partial charge in [0.05, 0.1) is 19.8 Å².